The number of rotatable bonds is 3. The molecule has 0 spiro atoms. The van der Waals surface area contributed by atoms with Crippen molar-refractivity contribution in [1.82, 2.24) is 4.98 Å². The van der Waals surface area contributed by atoms with Crippen LogP contribution in [0, 0.1) is 0 Å². The van der Waals surface area contributed by atoms with Gasteiger partial charge in [0.05, 0.1) is 17.4 Å². The lowest BCUT2D eigenvalue weighted by Crippen LogP contribution is -2.09. The van der Waals surface area contributed by atoms with Crippen LogP contribution >= 0.6 is 11.3 Å². The zero-order valence-corrected chi connectivity index (χ0v) is 9.13. The number of carboxylic acids is 1. The molecular formula is C10H13NO3S. The topological polar surface area (TPSA) is 59.4 Å². The second-order valence-electron chi connectivity index (χ2n) is 3.58. The highest BCUT2D eigenvalue weighted by atomic mass is 32.1. The summed E-state index contributed by atoms with van der Waals surface area (Å²) in [4.78, 5) is 15.6. The van der Waals surface area contributed by atoms with E-state index in [1.165, 1.54) is 17.8 Å². The molecule has 1 saturated heterocycles. The lowest BCUT2D eigenvalue weighted by atomic mass is 10.1. The maximum absolute atomic E-state index is 10.5. The van der Waals surface area contributed by atoms with Crippen molar-refractivity contribution >= 4 is 17.3 Å². The van der Waals surface area contributed by atoms with Gasteiger partial charge >= 0.3 is 5.97 Å². The van der Waals surface area contributed by atoms with Crippen LogP contribution in [0.15, 0.2) is 6.20 Å². The number of ether oxygens (including phenoxy) is 1. The van der Waals surface area contributed by atoms with Gasteiger partial charge in [-0.3, -0.25) is 4.79 Å². The fraction of sp³-hybridized carbons (Fsp3) is 0.600. The first-order valence-corrected chi connectivity index (χ1v) is 5.85. The van der Waals surface area contributed by atoms with Gasteiger partial charge in [-0.2, -0.15) is 0 Å². The average Bonchev–Trinajstić information content (AvgIpc) is 2.67. The summed E-state index contributed by atoms with van der Waals surface area (Å²) in [5, 5.41) is 9.28. The smallest absolute Gasteiger partial charge is 0.310 e. The fourth-order valence-electron chi connectivity index (χ4n) is 1.65. The zero-order chi connectivity index (χ0) is 10.7. The molecule has 1 aromatic rings. The number of hydrogen-bond donors (Lipinski definition) is 1. The van der Waals surface area contributed by atoms with Crippen molar-refractivity contribution in [3.05, 3.63) is 16.1 Å². The summed E-state index contributed by atoms with van der Waals surface area (Å²) in [6.45, 7) is 0.802. The molecule has 1 aromatic heterocycles. The van der Waals surface area contributed by atoms with E-state index in [4.69, 9.17) is 9.84 Å². The molecule has 5 heteroatoms. The summed E-state index contributed by atoms with van der Waals surface area (Å²) in [7, 11) is 0. The SMILES string of the molecule is O=C(O)Cc1ncc(C2CCCCO2)s1. The minimum absolute atomic E-state index is 0.0113. The summed E-state index contributed by atoms with van der Waals surface area (Å²) < 4.78 is 5.61. The molecule has 2 heterocycles. The van der Waals surface area contributed by atoms with Crippen molar-refractivity contribution in [3.8, 4) is 0 Å². The second kappa shape index (κ2) is 4.72. The highest BCUT2D eigenvalue weighted by molar-refractivity contribution is 7.11. The molecular weight excluding hydrogens is 214 g/mol. The number of thiazole rings is 1. The van der Waals surface area contributed by atoms with Crippen molar-refractivity contribution in [3.63, 3.8) is 0 Å². The Morgan fingerprint density at radius 2 is 2.53 bits per heavy atom. The van der Waals surface area contributed by atoms with E-state index < -0.39 is 5.97 Å². The van der Waals surface area contributed by atoms with Crippen LogP contribution in [-0.2, 0) is 16.0 Å². The highest BCUT2D eigenvalue weighted by Gasteiger charge is 2.19. The molecule has 1 N–H and O–H groups in total. The van der Waals surface area contributed by atoms with E-state index in [1.54, 1.807) is 6.20 Å². The molecule has 82 valence electrons. The maximum Gasteiger partial charge on any atom is 0.310 e. The molecule has 0 aliphatic carbocycles. The van der Waals surface area contributed by atoms with Crippen LogP contribution < -0.4 is 0 Å². The Labute approximate surface area is 91.9 Å². The van der Waals surface area contributed by atoms with Crippen molar-refractivity contribution in [2.45, 2.75) is 31.8 Å². The van der Waals surface area contributed by atoms with E-state index in [1.807, 2.05) is 0 Å². The van der Waals surface area contributed by atoms with Gasteiger partial charge in [0.25, 0.3) is 0 Å². The number of hydrogen-bond acceptors (Lipinski definition) is 4. The van der Waals surface area contributed by atoms with Crippen molar-refractivity contribution in [1.29, 1.82) is 0 Å². The Balaban J connectivity index is 2.02. The third-order valence-corrected chi connectivity index (χ3v) is 3.46. The molecule has 0 radical (unpaired) electrons. The summed E-state index contributed by atoms with van der Waals surface area (Å²) >= 11 is 1.45. The molecule has 2 rings (SSSR count). The van der Waals surface area contributed by atoms with E-state index >= 15 is 0 Å². The van der Waals surface area contributed by atoms with Crippen molar-refractivity contribution in [2.75, 3.05) is 6.61 Å². The first-order chi connectivity index (χ1) is 7.25. The van der Waals surface area contributed by atoms with Gasteiger partial charge in [-0.1, -0.05) is 0 Å². The van der Waals surface area contributed by atoms with E-state index in [9.17, 15) is 4.79 Å². The summed E-state index contributed by atoms with van der Waals surface area (Å²) in [6.07, 6.45) is 5.22. The van der Waals surface area contributed by atoms with Gasteiger partial charge in [0.1, 0.15) is 5.01 Å². The summed E-state index contributed by atoms with van der Waals surface area (Å²) in [6, 6.07) is 0. The van der Waals surface area contributed by atoms with Crippen LogP contribution in [0.3, 0.4) is 0 Å². The third-order valence-electron chi connectivity index (χ3n) is 2.37. The van der Waals surface area contributed by atoms with Crippen LogP contribution in [-0.4, -0.2) is 22.7 Å². The minimum atomic E-state index is -0.833. The maximum atomic E-state index is 10.5. The Kier molecular flexibility index (Phi) is 3.33. The number of nitrogens with zero attached hydrogens (tertiary/aromatic N) is 1. The molecule has 1 aliphatic heterocycles. The predicted octanol–water partition coefficient (Wildman–Crippen LogP) is 2.01. The van der Waals surface area contributed by atoms with Crippen LogP contribution in [0.1, 0.15) is 35.3 Å². The molecule has 0 amide bonds. The minimum Gasteiger partial charge on any atom is -0.481 e. The first-order valence-electron chi connectivity index (χ1n) is 5.03. The van der Waals surface area contributed by atoms with Crippen LogP contribution in [0.2, 0.25) is 0 Å². The lowest BCUT2D eigenvalue weighted by molar-refractivity contribution is -0.136. The molecule has 0 saturated carbocycles. The average molecular weight is 227 g/mol. The van der Waals surface area contributed by atoms with Crippen molar-refractivity contribution in [2.24, 2.45) is 0 Å². The van der Waals surface area contributed by atoms with E-state index in [-0.39, 0.29) is 12.5 Å². The Morgan fingerprint density at radius 1 is 1.67 bits per heavy atom. The molecule has 15 heavy (non-hydrogen) atoms. The molecule has 1 aliphatic rings. The Hall–Kier alpha value is -0.940. The molecule has 4 nitrogen and oxygen atoms in total. The van der Waals surface area contributed by atoms with Gasteiger partial charge in [0.15, 0.2) is 0 Å². The molecule has 0 aromatic carbocycles. The number of carbonyl (C=O) groups is 1. The fourth-order valence-corrected chi connectivity index (χ4v) is 2.65. The first kappa shape index (κ1) is 10.6. The molecule has 1 atom stereocenters. The second-order valence-corrected chi connectivity index (χ2v) is 4.73. The van der Waals surface area contributed by atoms with Gasteiger partial charge < -0.3 is 9.84 Å². The van der Waals surface area contributed by atoms with E-state index in [2.05, 4.69) is 4.98 Å². The van der Waals surface area contributed by atoms with E-state index in [0.717, 1.165) is 24.3 Å². The van der Waals surface area contributed by atoms with Crippen LogP contribution in [0.4, 0.5) is 0 Å². The number of carboxylic acid groups (broad SMARTS) is 1. The zero-order valence-electron chi connectivity index (χ0n) is 8.31. The van der Waals surface area contributed by atoms with Gasteiger partial charge in [0, 0.05) is 12.8 Å². The van der Waals surface area contributed by atoms with Gasteiger partial charge in [-0.25, -0.2) is 4.98 Å². The van der Waals surface area contributed by atoms with E-state index in [0.29, 0.717) is 5.01 Å². The third kappa shape index (κ3) is 2.76. The van der Waals surface area contributed by atoms with Gasteiger partial charge in [-0.15, -0.1) is 11.3 Å². The highest BCUT2D eigenvalue weighted by Crippen LogP contribution is 2.31. The quantitative estimate of drug-likeness (QED) is 0.858. The number of aromatic nitrogens is 1. The molecule has 1 unspecified atom stereocenters. The molecule has 0 bridgehead atoms. The largest absolute Gasteiger partial charge is 0.481 e. The Bertz CT molecular complexity index is 344. The standard InChI is InChI=1S/C10H13NO3S/c12-10(13)5-9-11-6-8(15-9)7-3-1-2-4-14-7/h6-7H,1-5H2,(H,12,13). The molecule has 1 fully saturated rings. The van der Waals surface area contributed by atoms with Gasteiger partial charge in [0.2, 0.25) is 0 Å². The lowest BCUT2D eigenvalue weighted by Gasteiger charge is -2.20. The monoisotopic (exact) mass is 227 g/mol. The van der Waals surface area contributed by atoms with Crippen molar-refractivity contribution < 1.29 is 14.6 Å². The van der Waals surface area contributed by atoms with Crippen LogP contribution in [0.25, 0.3) is 0 Å². The number of aliphatic carboxylic acids is 1. The normalized spacial score (nSPS) is 21.5. The van der Waals surface area contributed by atoms with Crippen LogP contribution in [0.5, 0.6) is 0 Å². The Morgan fingerprint density at radius 3 is 3.20 bits per heavy atom. The predicted molar refractivity (Wildman–Crippen MR) is 56.0 cm³/mol. The summed E-state index contributed by atoms with van der Waals surface area (Å²) in [5.74, 6) is -0.833. The van der Waals surface area contributed by atoms with Gasteiger partial charge in [-0.05, 0) is 19.3 Å². The summed E-state index contributed by atoms with van der Waals surface area (Å²) in [5.41, 5.74) is 0.